The van der Waals surface area contributed by atoms with Crippen LogP contribution in [0.2, 0.25) is 5.02 Å². The summed E-state index contributed by atoms with van der Waals surface area (Å²) in [5.41, 5.74) is 0. The first-order valence-electron chi connectivity index (χ1n) is 3.79. The Balaban J connectivity index is 2.51. The van der Waals surface area contributed by atoms with Crippen molar-refractivity contribution in [3.05, 3.63) is 9.90 Å². The molecule has 4 nitrogen and oxygen atoms in total. The van der Waals surface area contributed by atoms with Crippen LogP contribution in [-0.4, -0.2) is 29.7 Å². The molecule has 2 N–H and O–H groups in total. The van der Waals surface area contributed by atoms with E-state index in [0.29, 0.717) is 24.0 Å². The zero-order valence-electron chi connectivity index (χ0n) is 7.21. The van der Waals surface area contributed by atoms with Gasteiger partial charge in [0.15, 0.2) is 0 Å². The Kier molecular flexibility index (Phi) is 4.44. The Morgan fingerprint density at radius 3 is 3.00 bits per heavy atom. The van der Waals surface area contributed by atoms with Crippen molar-refractivity contribution < 1.29 is 9.84 Å². The molecule has 1 aromatic rings. The third-order valence-corrected chi connectivity index (χ3v) is 2.77. The molecule has 0 fully saturated rings. The Labute approximate surface area is 85.7 Å². The molecule has 6 heteroatoms. The molecule has 0 spiro atoms. The van der Waals surface area contributed by atoms with E-state index in [2.05, 4.69) is 9.69 Å². The number of aromatic nitrogens is 1. The molecule has 1 rings (SSSR count). The predicted octanol–water partition coefficient (Wildman–Crippen LogP) is 0.887. The molecule has 0 aliphatic carbocycles. The topological polar surface area (TPSA) is 54.4 Å². The monoisotopic (exact) mass is 222 g/mol. The van der Waals surface area contributed by atoms with E-state index in [1.54, 1.807) is 0 Å². The average Bonchev–Trinajstić information content (AvgIpc) is 2.48. The number of aliphatic hydroxyl groups is 1. The van der Waals surface area contributed by atoms with Gasteiger partial charge in [-0.3, -0.25) is 0 Å². The predicted molar refractivity (Wildman–Crippen MR) is 52.5 cm³/mol. The van der Waals surface area contributed by atoms with Crippen LogP contribution < -0.4 is 10.1 Å². The van der Waals surface area contributed by atoms with Gasteiger partial charge in [0, 0.05) is 13.1 Å². The van der Waals surface area contributed by atoms with Crippen LogP contribution in [0.3, 0.4) is 0 Å². The number of halogens is 1. The van der Waals surface area contributed by atoms with Gasteiger partial charge in [-0.05, 0) is 11.5 Å². The van der Waals surface area contributed by atoms with Gasteiger partial charge < -0.3 is 15.2 Å². The smallest absolute Gasteiger partial charge is 0.244 e. The van der Waals surface area contributed by atoms with Crippen molar-refractivity contribution in [1.82, 2.24) is 9.69 Å². The van der Waals surface area contributed by atoms with Gasteiger partial charge in [0.1, 0.15) is 5.02 Å². The number of methoxy groups -OCH3 is 1. The summed E-state index contributed by atoms with van der Waals surface area (Å²) < 4.78 is 8.92. The third-order valence-electron chi connectivity index (χ3n) is 1.44. The molecular weight excluding hydrogens is 212 g/mol. The Morgan fingerprint density at radius 2 is 2.46 bits per heavy atom. The van der Waals surface area contributed by atoms with Crippen LogP contribution in [-0.2, 0) is 6.54 Å². The van der Waals surface area contributed by atoms with E-state index < -0.39 is 0 Å². The highest BCUT2D eigenvalue weighted by Crippen LogP contribution is 2.30. The van der Waals surface area contributed by atoms with Gasteiger partial charge in [-0.25, -0.2) is 0 Å². The van der Waals surface area contributed by atoms with E-state index in [4.69, 9.17) is 21.4 Å². The lowest BCUT2D eigenvalue weighted by Gasteiger charge is -1.99. The second kappa shape index (κ2) is 5.39. The molecule has 0 unspecified atom stereocenters. The van der Waals surface area contributed by atoms with Crippen LogP contribution in [0.5, 0.6) is 5.88 Å². The van der Waals surface area contributed by atoms with Gasteiger partial charge in [0.05, 0.1) is 18.6 Å². The fourth-order valence-electron chi connectivity index (χ4n) is 0.814. The van der Waals surface area contributed by atoms with Crippen molar-refractivity contribution in [2.24, 2.45) is 0 Å². The van der Waals surface area contributed by atoms with Crippen LogP contribution >= 0.6 is 23.1 Å². The first kappa shape index (κ1) is 10.7. The quantitative estimate of drug-likeness (QED) is 0.727. The van der Waals surface area contributed by atoms with Crippen LogP contribution in [0.15, 0.2) is 0 Å². The normalized spacial score (nSPS) is 10.4. The van der Waals surface area contributed by atoms with Gasteiger partial charge in [-0.1, -0.05) is 11.6 Å². The fraction of sp³-hybridized carbons (Fsp3) is 0.571. The summed E-state index contributed by atoms with van der Waals surface area (Å²) in [7, 11) is 1.53. The highest BCUT2D eigenvalue weighted by Gasteiger charge is 2.10. The fourth-order valence-corrected chi connectivity index (χ4v) is 1.85. The molecule has 0 amide bonds. The van der Waals surface area contributed by atoms with E-state index in [9.17, 15) is 0 Å². The zero-order chi connectivity index (χ0) is 9.68. The van der Waals surface area contributed by atoms with Crippen molar-refractivity contribution >= 4 is 23.1 Å². The van der Waals surface area contributed by atoms with E-state index >= 15 is 0 Å². The van der Waals surface area contributed by atoms with Gasteiger partial charge in [0.25, 0.3) is 0 Å². The van der Waals surface area contributed by atoms with Crippen LogP contribution in [0.25, 0.3) is 0 Å². The maximum atomic E-state index is 8.53. The molecule has 0 aromatic carbocycles. The number of nitrogens with zero attached hydrogens (tertiary/aromatic N) is 1. The minimum absolute atomic E-state index is 0.119. The summed E-state index contributed by atoms with van der Waals surface area (Å²) in [6.45, 7) is 1.28. The Hall–Kier alpha value is -0.360. The number of hydrogen-bond acceptors (Lipinski definition) is 5. The molecule has 0 saturated carbocycles. The van der Waals surface area contributed by atoms with E-state index in [1.165, 1.54) is 18.6 Å². The van der Waals surface area contributed by atoms with E-state index in [0.717, 1.165) is 4.88 Å². The van der Waals surface area contributed by atoms with Crippen molar-refractivity contribution in [3.8, 4) is 5.88 Å². The molecule has 0 radical (unpaired) electrons. The largest absolute Gasteiger partial charge is 0.479 e. The first-order chi connectivity index (χ1) is 6.29. The summed E-state index contributed by atoms with van der Waals surface area (Å²) in [5.74, 6) is 0.465. The minimum atomic E-state index is 0.119. The second-order valence-corrected chi connectivity index (χ2v) is 3.57. The summed E-state index contributed by atoms with van der Waals surface area (Å²) in [6.07, 6.45) is 0. The van der Waals surface area contributed by atoms with Crippen LogP contribution in [0, 0.1) is 0 Å². The molecule has 1 heterocycles. The number of rotatable bonds is 5. The average molecular weight is 223 g/mol. The highest BCUT2D eigenvalue weighted by molar-refractivity contribution is 7.06. The molecule has 1 aromatic heterocycles. The molecule has 0 aliphatic heterocycles. The number of hydrogen-bond donors (Lipinski definition) is 2. The molecular formula is C7H11ClN2O2S. The first-order valence-corrected chi connectivity index (χ1v) is 4.94. The molecule has 0 bridgehead atoms. The van der Waals surface area contributed by atoms with Crippen molar-refractivity contribution in [1.29, 1.82) is 0 Å². The molecule has 13 heavy (non-hydrogen) atoms. The summed E-state index contributed by atoms with van der Waals surface area (Å²) in [5, 5.41) is 12.1. The Morgan fingerprint density at radius 1 is 1.69 bits per heavy atom. The minimum Gasteiger partial charge on any atom is -0.479 e. The lowest BCUT2D eigenvalue weighted by molar-refractivity contribution is 0.292. The van der Waals surface area contributed by atoms with Gasteiger partial charge >= 0.3 is 0 Å². The lowest BCUT2D eigenvalue weighted by Crippen LogP contribution is -2.16. The molecule has 0 atom stereocenters. The number of aliphatic hydroxyl groups excluding tert-OH is 1. The van der Waals surface area contributed by atoms with Crippen LogP contribution in [0.4, 0.5) is 0 Å². The Bertz CT molecular complexity index is 267. The summed E-state index contributed by atoms with van der Waals surface area (Å²) >= 11 is 7.22. The second-order valence-electron chi connectivity index (χ2n) is 2.33. The van der Waals surface area contributed by atoms with Gasteiger partial charge in [-0.2, -0.15) is 4.37 Å². The van der Waals surface area contributed by atoms with Crippen molar-refractivity contribution in [3.63, 3.8) is 0 Å². The van der Waals surface area contributed by atoms with E-state index in [-0.39, 0.29) is 6.61 Å². The van der Waals surface area contributed by atoms with E-state index in [1.807, 2.05) is 0 Å². The molecule has 74 valence electrons. The summed E-state index contributed by atoms with van der Waals surface area (Å²) in [4.78, 5) is 0.923. The maximum absolute atomic E-state index is 8.53. The SMILES string of the molecule is COc1nsc(CNCCO)c1Cl. The number of ether oxygens (including phenoxy) is 1. The summed E-state index contributed by atoms with van der Waals surface area (Å²) in [6, 6.07) is 0. The zero-order valence-corrected chi connectivity index (χ0v) is 8.78. The highest BCUT2D eigenvalue weighted by atomic mass is 35.5. The lowest BCUT2D eigenvalue weighted by atomic mass is 10.4. The number of nitrogens with one attached hydrogen (secondary N) is 1. The van der Waals surface area contributed by atoms with Crippen LogP contribution in [0.1, 0.15) is 4.88 Å². The molecule has 0 saturated heterocycles. The van der Waals surface area contributed by atoms with Crippen molar-refractivity contribution in [2.45, 2.75) is 6.54 Å². The van der Waals surface area contributed by atoms with Crippen molar-refractivity contribution in [2.75, 3.05) is 20.3 Å². The van der Waals surface area contributed by atoms with Gasteiger partial charge in [-0.15, -0.1) is 0 Å². The maximum Gasteiger partial charge on any atom is 0.244 e. The third kappa shape index (κ3) is 2.80. The van der Waals surface area contributed by atoms with Gasteiger partial charge in [0.2, 0.25) is 5.88 Å². The molecule has 0 aliphatic rings. The standard InChI is InChI=1S/C7H11ClN2O2S/c1-12-7-6(8)5(13-10-7)4-9-2-3-11/h9,11H,2-4H2,1H3.